The molecule has 2 fully saturated rings. The Labute approximate surface area is 127 Å². The molecule has 0 amide bonds. The third kappa shape index (κ3) is 4.14. The van der Waals surface area contributed by atoms with Gasteiger partial charge in [0.05, 0.1) is 6.10 Å². The minimum Gasteiger partial charge on any atom is -0.375 e. The lowest BCUT2D eigenvalue weighted by molar-refractivity contribution is 0.0349. The van der Waals surface area contributed by atoms with Gasteiger partial charge in [-0.3, -0.25) is 0 Å². The lowest BCUT2D eigenvalue weighted by atomic mass is 10.1. The summed E-state index contributed by atoms with van der Waals surface area (Å²) >= 11 is 0. The van der Waals surface area contributed by atoms with E-state index in [4.69, 9.17) is 4.74 Å². The summed E-state index contributed by atoms with van der Waals surface area (Å²) in [7, 11) is 0. The maximum absolute atomic E-state index is 6.05. The van der Waals surface area contributed by atoms with Gasteiger partial charge in [0.2, 0.25) is 5.95 Å². The number of likely N-dealkylation sites (tertiary alicyclic amines) is 1. The Hall–Kier alpha value is -1.20. The molecular formula is C16H26N4O. The zero-order valence-electron chi connectivity index (χ0n) is 13.0. The maximum Gasteiger partial charge on any atom is 0.225 e. The lowest BCUT2D eigenvalue weighted by Gasteiger charge is -2.31. The quantitative estimate of drug-likeness (QED) is 0.850. The van der Waals surface area contributed by atoms with Crippen molar-refractivity contribution < 1.29 is 4.74 Å². The van der Waals surface area contributed by atoms with Crippen LogP contribution >= 0.6 is 0 Å². The van der Waals surface area contributed by atoms with Crippen LogP contribution in [0.5, 0.6) is 0 Å². The molecular weight excluding hydrogens is 264 g/mol. The number of aromatic nitrogens is 2. The molecule has 0 N–H and O–H groups in total. The number of aryl methyl sites for hydroxylation is 1. The van der Waals surface area contributed by atoms with E-state index >= 15 is 0 Å². The van der Waals surface area contributed by atoms with Gasteiger partial charge in [-0.2, -0.15) is 0 Å². The molecule has 5 nitrogen and oxygen atoms in total. The number of hydrogen-bond acceptors (Lipinski definition) is 5. The third-order valence-corrected chi connectivity index (χ3v) is 4.33. The van der Waals surface area contributed by atoms with Crippen molar-refractivity contribution in [2.24, 2.45) is 0 Å². The summed E-state index contributed by atoms with van der Waals surface area (Å²) in [5.41, 5.74) is 1.03. The molecule has 0 aromatic carbocycles. The van der Waals surface area contributed by atoms with Crippen molar-refractivity contribution >= 4 is 5.95 Å². The van der Waals surface area contributed by atoms with Crippen molar-refractivity contribution in [2.45, 2.75) is 38.7 Å². The van der Waals surface area contributed by atoms with E-state index in [1.54, 1.807) is 0 Å². The van der Waals surface area contributed by atoms with Gasteiger partial charge < -0.3 is 14.5 Å². The smallest absolute Gasteiger partial charge is 0.225 e. The summed E-state index contributed by atoms with van der Waals surface area (Å²) < 4.78 is 6.05. The fraction of sp³-hybridized carbons (Fsp3) is 0.750. The maximum atomic E-state index is 6.05. The predicted molar refractivity (Wildman–Crippen MR) is 83.6 cm³/mol. The molecule has 0 unspecified atom stereocenters. The van der Waals surface area contributed by atoms with Crippen LogP contribution < -0.4 is 4.90 Å². The number of rotatable bonds is 3. The van der Waals surface area contributed by atoms with Crippen LogP contribution in [0.3, 0.4) is 0 Å². The predicted octanol–water partition coefficient (Wildman–Crippen LogP) is 1.87. The molecule has 2 aliphatic rings. The summed E-state index contributed by atoms with van der Waals surface area (Å²) in [4.78, 5) is 13.8. The highest BCUT2D eigenvalue weighted by Gasteiger charge is 2.23. The molecule has 2 saturated heterocycles. The molecule has 116 valence electrons. The van der Waals surface area contributed by atoms with Gasteiger partial charge in [-0.1, -0.05) is 6.42 Å². The van der Waals surface area contributed by atoms with Gasteiger partial charge in [0.15, 0.2) is 0 Å². The molecule has 1 atom stereocenters. The normalized spacial score (nSPS) is 24.8. The molecule has 0 bridgehead atoms. The van der Waals surface area contributed by atoms with Crippen molar-refractivity contribution in [2.75, 3.05) is 44.2 Å². The Bertz CT molecular complexity index is 448. The monoisotopic (exact) mass is 290 g/mol. The molecule has 3 heterocycles. The van der Waals surface area contributed by atoms with Gasteiger partial charge in [-0.15, -0.1) is 0 Å². The Kier molecular flexibility index (Phi) is 5.04. The first-order chi connectivity index (χ1) is 10.3. The summed E-state index contributed by atoms with van der Waals surface area (Å²) in [5.74, 6) is 0.851. The van der Waals surface area contributed by atoms with E-state index in [0.29, 0.717) is 0 Å². The van der Waals surface area contributed by atoms with Crippen molar-refractivity contribution in [3.8, 4) is 0 Å². The second-order valence-electron chi connectivity index (χ2n) is 6.15. The van der Waals surface area contributed by atoms with E-state index in [2.05, 4.69) is 19.8 Å². The summed E-state index contributed by atoms with van der Waals surface area (Å²) in [6.45, 7) is 8.25. The van der Waals surface area contributed by atoms with Crippen LogP contribution in [0.4, 0.5) is 5.95 Å². The highest BCUT2D eigenvalue weighted by molar-refractivity contribution is 5.30. The van der Waals surface area contributed by atoms with Crippen molar-refractivity contribution in [1.82, 2.24) is 14.9 Å². The Morgan fingerprint density at radius 3 is 2.86 bits per heavy atom. The van der Waals surface area contributed by atoms with Gasteiger partial charge in [0.1, 0.15) is 0 Å². The topological polar surface area (TPSA) is 41.5 Å². The third-order valence-electron chi connectivity index (χ3n) is 4.33. The van der Waals surface area contributed by atoms with E-state index in [1.165, 1.54) is 32.4 Å². The molecule has 3 rings (SSSR count). The van der Waals surface area contributed by atoms with Crippen LogP contribution in [0.1, 0.15) is 31.4 Å². The largest absolute Gasteiger partial charge is 0.375 e. The van der Waals surface area contributed by atoms with Gasteiger partial charge in [-0.05, 0) is 45.3 Å². The van der Waals surface area contributed by atoms with E-state index in [0.717, 1.165) is 44.3 Å². The average molecular weight is 290 g/mol. The van der Waals surface area contributed by atoms with Crippen molar-refractivity contribution in [3.63, 3.8) is 0 Å². The van der Waals surface area contributed by atoms with E-state index in [1.807, 2.05) is 19.2 Å². The first-order valence-corrected chi connectivity index (χ1v) is 8.20. The average Bonchev–Trinajstić information content (AvgIpc) is 2.74. The lowest BCUT2D eigenvalue weighted by Crippen LogP contribution is -2.42. The summed E-state index contributed by atoms with van der Waals surface area (Å²) in [6.07, 6.45) is 7.21. The zero-order valence-corrected chi connectivity index (χ0v) is 13.0. The van der Waals surface area contributed by atoms with Crippen LogP contribution in [0, 0.1) is 6.92 Å². The standard InChI is InChI=1S/C16H26N4O/c1-14-6-7-17-16(18-14)20-10-5-11-21-15(13-20)12-19-8-3-2-4-9-19/h6-7,15H,2-5,8-13H2,1H3/t15-/m1/s1. The summed E-state index contributed by atoms with van der Waals surface area (Å²) in [6, 6.07) is 1.95. The Morgan fingerprint density at radius 2 is 2.05 bits per heavy atom. The molecule has 1 aromatic rings. The number of hydrogen-bond donors (Lipinski definition) is 0. The van der Waals surface area contributed by atoms with Gasteiger partial charge in [0.25, 0.3) is 0 Å². The van der Waals surface area contributed by atoms with Crippen LogP contribution in [0.2, 0.25) is 0 Å². The van der Waals surface area contributed by atoms with Crippen LogP contribution in [-0.4, -0.2) is 60.3 Å². The van der Waals surface area contributed by atoms with Crippen LogP contribution in [0.25, 0.3) is 0 Å². The Balaban J connectivity index is 1.62. The minimum atomic E-state index is 0.273. The SMILES string of the molecule is Cc1ccnc(N2CCCO[C@H](CN3CCCCC3)C2)n1. The summed E-state index contributed by atoms with van der Waals surface area (Å²) in [5, 5.41) is 0. The number of anilines is 1. The zero-order chi connectivity index (χ0) is 14.5. The number of ether oxygens (including phenoxy) is 1. The fourth-order valence-electron chi connectivity index (χ4n) is 3.21. The first-order valence-electron chi connectivity index (χ1n) is 8.20. The molecule has 0 saturated carbocycles. The van der Waals surface area contributed by atoms with Crippen molar-refractivity contribution in [1.29, 1.82) is 0 Å². The Morgan fingerprint density at radius 1 is 1.19 bits per heavy atom. The molecule has 1 aromatic heterocycles. The molecule has 5 heteroatoms. The highest BCUT2D eigenvalue weighted by atomic mass is 16.5. The van der Waals surface area contributed by atoms with Gasteiger partial charge in [-0.25, -0.2) is 9.97 Å². The molecule has 2 aliphatic heterocycles. The van der Waals surface area contributed by atoms with E-state index in [9.17, 15) is 0 Å². The first kappa shape index (κ1) is 14.7. The minimum absolute atomic E-state index is 0.273. The van der Waals surface area contributed by atoms with Crippen LogP contribution in [0.15, 0.2) is 12.3 Å². The van der Waals surface area contributed by atoms with Crippen LogP contribution in [-0.2, 0) is 4.74 Å². The van der Waals surface area contributed by atoms with E-state index in [-0.39, 0.29) is 6.10 Å². The number of piperidine rings is 1. The van der Waals surface area contributed by atoms with Crippen molar-refractivity contribution in [3.05, 3.63) is 18.0 Å². The number of nitrogens with zero attached hydrogens (tertiary/aromatic N) is 4. The fourth-order valence-corrected chi connectivity index (χ4v) is 3.21. The molecule has 0 spiro atoms. The van der Waals surface area contributed by atoms with Gasteiger partial charge in [0, 0.05) is 38.1 Å². The molecule has 0 radical (unpaired) electrons. The highest BCUT2D eigenvalue weighted by Crippen LogP contribution is 2.16. The molecule has 0 aliphatic carbocycles. The second kappa shape index (κ2) is 7.18. The van der Waals surface area contributed by atoms with Gasteiger partial charge >= 0.3 is 0 Å². The van der Waals surface area contributed by atoms with E-state index < -0.39 is 0 Å². The second-order valence-corrected chi connectivity index (χ2v) is 6.15. The molecule has 21 heavy (non-hydrogen) atoms.